The summed E-state index contributed by atoms with van der Waals surface area (Å²) in [5.41, 5.74) is 2.61. The van der Waals surface area contributed by atoms with Gasteiger partial charge in [-0.25, -0.2) is 4.79 Å². The molecule has 0 saturated carbocycles. The number of pyridine rings is 1. The number of carbonyl (C=O) groups excluding carboxylic acids is 5. The van der Waals surface area contributed by atoms with Gasteiger partial charge in [0.2, 0.25) is 0 Å². The standard InChI is InChI=1S/C30H20N2O6/c33-26-18-7-1-2-8-19(18)27(34)25(26)24-14-13-17-22(11-5-12-23(17)31-24)30(37)38-16-6-15-32-28(35)20-9-3-4-10-21(20)29(32)36/h1-5,7-14,25H,6,15-16H2. The molecule has 2 amide bonds. The largest absolute Gasteiger partial charge is 0.462 e. The minimum absolute atomic E-state index is 0.0114. The summed E-state index contributed by atoms with van der Waals surface area (Å²) in [7, 11) is 0. The SMILES string of the molecule is O=C(OCCCN1C(=O)c2ccccc2C1=O)c1cccc2nc(C3C(=O)c4ccccc4C3=O)ccc12. The van der Waals surface area contributed by atoms with E-state index in [2.05, 4.69) is 4.98 Å². The number of esters is 1. The monoisotopic (exact) mass is 504 g/mol. The first-order chi connectivity index (χ1) is 18.5. The van der Waals surface area contributed by atoms with Crippen molar-refractivity contribution in [3.63, 3.8) is 0 Å². The fourth-order valence-corrected chi connectivity index (χ4v) is 5.03. The number of rotatable bonds is 6. The highest BCUT2D eigenvalue weighted by Crippen LogP contribution is 2.34. The van der Waals surface area contributed by atoms with Crippen molar-refractivity contribution >= 4 is 40.3 Å². The smallest absolute Gasteiger partial charge is 0.338 e. The van der Waals surface area contributed by atoms with Gasteiger partial charge in [-0.15, -0.1) is 0 Å². The molecule has 0 spiro atoms. The van der Waals surface area contributed by atoms with Crippen LogP contribution in [0.3, 0.4) is 0 Å². The second-order valence-corrected chi connectivity index (χ2v) is 9.11. The molecular weight excluding hydrogens is 484 g/mol. The second kappa shape index (κ2) is 9.15. The molecule has 1 aromatic heterocycles. The van der Waals surface area contributed by atoms with Crippen LogP contribution in [0.2, 0.25) is 0 Å². The fraction of sp³-hybridized carbons (Fsp3) is 0.133. The Kier molecular flexibility index (Phi) is 5.64. The number of ketones is 2. The highest BCUT2D eigenvalue weighted by molar-refractivity contribution is 6.29. The maximum absolute atomic E-state index is 12.9. The minimum Gasteiger partial charge on any atom is -0.462 e. The third kappa shape index (κ3) is 3.69. The molecule has 0 bridgehead atoms. The van der Waals surface area contributed by atoms with Crippen LogP contribution < -0.4 is 0 Å². The van der Waals surface area contributed by atoms with Gasteiger partial charge in [0.1, 0.15) is 5.92 Å². The van der Waals surface area contributed by atoms with Crippen LogP contribution in [-0.2, 0) is 4.74 Å². The zero-order valence-corrected chi connectivity index (χ0v) is 20.0. The van der Waals surface area contributed by atoms with Crippen molar-refractivity contribution in [3.05, 3.63) is 112 Å². The first kappa shape index (κ1) is 23.4. The number of ether oxygens (including phenoxy) is 1. The van der Waals surface area contributed by atoms with E-state index >= 15 is 0 Å². The van der Waals surface area contributed by atoms with E-state index in [1.807, 2.05) is 0 Å². The number of Topliss-reactive ketones (excluding diaryl/α,β-unsaturated/α-hetero) is 2. The number of hydrogen-bond acceptors (Lipinski definition) is 7. The molecule has 6 rings (SSSR count). The van der Waals surface area contributed by atoms with Crippen molar-refractivity contribution in [3.8, 4) is 0 Å². The topological polar surface area (TPSA) is 111 Å². The molecule has 8 nitrogen and oxygen atoms in total. The van der Waals surface area contributed by atoms with Crippen LogP contribution in [0.1, 0.15) is 69.8 Å². The number of carbonyl (C=O) groups is 5. The van der Waals surface area contributed by atoms with Crippen molar-refractivity contribution in [2.24, 2.45) is 0 Å². The molecule has 0 radical (unpaired) electrons. The number of aromatic nitrogens is 1. The first-order valence-electron chi connectivity index (χ1n) is 12.1. The minimum atomic E-state index is -1.01. The van der Waals surface area contributed by atoms with Crippen LogP contribution in [0.4, 0.5) is 0 Å². The maximum atomic E-state index is 12.9. The molecule has 0 saturated heterocycles. The Labute approximate surface area is 216 Å². The maximum Gasteiger partial charge on any atom is 0.338 e. The van der Waals surface area contributed by atoms with Crippen molar-refractivity contribution in [1.82, 2.24) is 9.88 Å². The zero-order valence-electron chi connectivity index (χ0n) is 20.0. The normalized spacial score (nSPS) is 14.8. The van der Waals surface area contributed by atoms with Crippen molar-refractivity contribution in [2.75, 3.05) is 13.2 Å². The Morgan fingerprint density at radius 1 is 0.737 bits per heavy atom. The van der Waals surface area contributed by atoms with Crippen LogP contribution in [0, 0.1) is 0 Å². The van der Waals surface area contributed by atoms with E-state index in [1.165, 1.54) is 0 Å². The van der Waals surface area contributed by atoms with E-state index in [9.17, 15) is 24.0 Å². The summed E-state index contributed by atoms with van der Waals surface area (Å²) < 4.78 is 5.43. The van der Waals surface area contributed by atoms with Crippen LogP contribution in [0.5, 0.6) is 0 Å². The van der Waals surface area contributed by atoms with E-state index in [0.29, 0.717) is 38.9 Å². The predicted molar refractivity (Wildman–Crippen MR) is 136 cm³/mol. The second-order valence-electron chi connectivity index (χ2n) is 9.11. The van der Waals surface area contributed by atoms with Crippen molar-refractivity contribution in [1.29, 1.82) is 0 Å². The van der Waals surface area contributed by atoms with Gasteiger partial charge in [-0.05, 0) is 36.8 Å². The van der Waals surface area contributed by atoms with Gasteiger partial charge in [-0.3, -0.25) is 29.1 Å². The van der Waals surface area contributed by atoms with Gasteiger partial charge in [-0.2, -0.15) is 0 Å². The lowest BCUT2D eigenvalue weighted by atomic mass is 9.97. The molecule has 1 aliphatic carbocycles. The molecule has 2 aliphatic rings. The van der Waals surface area contributed by atoms with Gasteiger partial charge in [0, 0.05) is 23.1 Å². The Balaban J connectivity index is 1.14. The molecule has 3 aromatic carbocycles. The highest BCUT2D eigenvalue weighted by atomic mass is 16.5. The molecule has 8 heteroatoms. The van der Waals surface area contributed by atoms with Gasteiger partial charge in [-0.1, -0.05) is 48.5 Å². The van der Waals surface area contributed by atoms with Crippen LogP contribution >= 0.6 is 0 Å². The van der Waals surface area contributed by atoms with Crippen molar-refractivity contribution in [2.45, 2.75) is 12.3 Å². The molecule has 4 aromatic rings. The van der Waals surface area contributed by atoms with Crippen LogP contribution in [0.15, 0.2) is 78.9 Å². The van der Waals surface area contributed by atoms with Gasteiger partial charge >= 0.3 is 5.97 Å². The molecule has 186 valence electrons. The first-order valence-corrected chi connectivity index (χ1v) is 12.1. The number of nitrogens with zero attached hydrogens (tertiary/aromatic N) is 2. The average molecular weight is 504 g/mol. The Morgan fingerprint density at radius 2 is 1.34 bits per heavy atom. The average Bonchev–Trinajstić information content (AvgIpc) is 3.34. The predicted octanol–water partition coefficient (Wildman–Crippen LogP) is 4.24. The zero-order chi connectivity index (χ0) is 26.4. The summed E-state index contributed by atoms with van der Waals surface area (Å²) in [6.45, 7) is 0.142. The van der Waals surface area contributed by atoms with E-state index < -0.39 is 11.9 Å². The number of fused-ring (bicyclic) bond motifs is 3. The molecule has 0 N–H and O–H groups in total. The summed E-state index contributed by atoms with van der Waals surface area (Å²) in [5, 5.41) is 0.525. The quantitative estimate of drug-likeness (QED) is 0.167. The number of benzene rings is 3. The summed E-state index contributed by atoms with van der Waals surface area (Å²) in [4.78, 5) is 69.3. The molecule has 38 heavy (non-hydrogen) atoms. The lowest BCUT2D eigenvalue weighted by Gasteiger charge is -2.14. The van der Waals surface area contributed by atoms with E-state index in [4.69, 9.17) is 4.74 Å². The lowest BCUT2D eigenvalue weighted by molar-refractivity contribution is 0.0484. The number of amides is 2. The summed E-state index contributed by atoms with van der Waals surface area (Å²) in [6.07, 6.45) is 0.289. The van der Waals surface area contributed by atoms with Gasteiger partial charge in [0.15, 0.2) is 11.6 Å². The molecular formula is C30H20N2O6. The van der Waals surface area contributed by atoms with Crippen molar-refractivity contribution < 1.29 is 28.7 Å². The molecule has 0 fully saturated rings. The highest BCUT2D eigenvalue weighted by Gasteiger charge is 2.40. The third-order valence-corrected chi connectivity index (χ3v) is 6.89. The summed E-state index contributed by atoms with van der Waals surface area (Å²) >= 11 is 0. The van der Waals surface area contributed by atoms with Gasteiger partial charge in [0.25, 0.3) is 11.8 Å². The molecule has 2 heterocycles. The Hall–Kier alpha value is -4.98. The lowest BCUT2D eigenvalue weighted by Crippen LogP contribution is -2.31. The Bertz CT molecular complexity index is 1620. The third-order valence-electron chi connectivity index (χ3n) is 6.89. The molecule has 1 aliphatic heterocycles. The number of hydrogen-bond donors (Lipinski definition) is 0. The van der Waals surface area contributed by atoms with E-state index in [0.717, 1.165) is 4.90 Å². The van der Waals surface area contributed by atoms with E-state index in [1.54, 1.807) is 78.9 Å². The molecule has 0 atom stereocenters. The van der Waals surface area contributed by atoms with Crippen LogP contribution in [0.25, 0.3) is 10.9 Å². The number of imide groups is 1. The summed E-state index contributed by atoms with van der Waals surface area (Å²) in [5.74, 6) is -2.86. The molecule has 0 unspecified atom stereocenters. The van der Waals surface area contributed by atoms with Gasteiger partial charge in [0.05, 0.1) is 34.5 Å². The Morgan fingerprint density at radius 3 is 1.97 bits per heavy atom. The van der Waals surface area contributed by atoms with E-state index in [-0.39, 0.29) is 48.5 Å². The van der Waals surface area contributed by atoms with Crippen LogP contribution in [-0.4, -0.2) is 52.4 Å². The summed E-state index contributed by atoms with van der Waals surface area (Å²) in [6, 6.07) is 21.6. The van der Waals surface area contributed by atoms with Gasteiger partial charge < -0.3 is 4.74 Å². The fourth-order valence-electron chi connectivity index (χ4n) is 5.03.